The van der Waals surface area contributed by atoms with E-state index in [4.69, 9.17) is 10.7 Å². The second-order valence-corrected chi connectivity index (χ2v) is 8.02. The molecule has 10 radical (unpaired) electrons. The molecule has 4 rings (SSSR count). The molecular weight excluding hydrogens is 485 g/mol. The molecular formula is C25H23F3FeN4O+2. The van der Waals surface area contributed by atoms with Crippen LogP contribution < -0.4 is 4.90 Å². The van der Waals surface area contributed by atoms with Crippen molar-refractivity contribution >= 4 is 17.6 Å². The minimum Gasteiger partial charge on any atom is -0.312 e. The van der Waals surface area contributed by atoms with E-state index < -0.39 is 28.9 Å². The summed E-state index contributed by atoms with van der Waals surface area (Å²) in [4.78, 5) is 15.4. The van der Waals surface area contributed by atoms with Gasteiger partial charge in [0, 0.05) is 6.54 Å². The number of nitrogens with zero attached hydrogens (tertiary/aromatic N) is 3. The molecule has 0 atom stereocenters. The van der Waals surface area contributed by atoms with Crippen LogP contribution in [0.5, 0.6) is 0 Å². The molecule has 1 heterocycles. The SMILES string of the molecule is CC1(C)C(=N)N(c2ccc(C#N)c(C(F)(F)F)c2)C(=O)N1CC[C]1[CH][CH][CH][CH]1.[CH]1[CH][CH][CH][CH]1.[Fe+2]. The van der Waals surface area contributed by atoms with Crippen molar-refractivity contribution in [2.45, 2.75) is 32.0 Å². The normalized spacial score (nSPS) is 20.1. The fourth-order valence-electron chi connectivity index (χ4n) is 3.62. The molecule has 9 heteroatoms. The molecule has 3 fully saturated rings. The number of alkyl halides is 3. The van der Waals surface area contributed by atoms with Crippen LogP contribution in [0.2, 0.25) is 0 Å². The van der Waals surface area contributed by atoms with E-state index in [-0.39, 0.29) is 28.6 Å². The number of nitrogens with one attached hydrogen (secondary N) is 1. The zero-order chi connectivity index (χ0) is 24.2. The van der Waals surface area contributed by atoms with Crippen LogP contribution in [0.15, 0.2) is 18.2 Å². The smallest absolute Gasteiger partial charge is 0.312 e. The number of hydrogen-bond acceptors (Lipinski definition) is 3. The van der Waals surface area contributed by atoms with E-state index in [2.05, 4.69) is 0 Å². The minimum absolute atomic E-state index is 0. The Morgan fingerprint density at radius 1 is 1.03 bits per heavy atom. The number of anilines is 1. The first-order valence-electron chi connectivity index (χ1n) is 10.3. The minimum atomic E-state index is -4.74. The molecule has 2 aliphatic carbocycles. The van der Waals surface area contributed by atoms with Crippen molar-refractivity contribution in [3.8, 4) is 6.07 Å². The van der Waals surface area contributed by atoms with Gasteiger partial charge in [0.05, 0.1) is 28.4 Å². The number of halogens is 3. The standard InChI is InChI=1S/C20H18F3N4O.C5H5.Fe/c1-19(2)17(25)27(18(28)26(19)10-9-13-5-3-4-6-13)15-8-7-14(12-24)16(11-15)20(21,22)23;1-2-4-5-3-1;/h3-8,11,25H,9-10H2,1-2H3;1-5H;/q;;+2. The first-order chi connectivity index (χ1) is 15.6. The van der Waals surface area contributed by atoms with Gasteiger partial charge in [-0.3, -0.25) is 5.41 Å². The number of carbonyl (C=O) groups is 1. The van der Waals surface area contributed by atoms with Crippen molar-refractivity contribution in [3.63, 3.8) is 0 Å². The quantitative estimate of drug-likeness (QED) is 0.555. The topological polar surface area (TPSA) is 71.2 Å². The van der Waals surface area contributed by atoms with Gasteiger partial charge in [-0.1, -0.05) is 0 Å². The van der Waals surface area contributed by atoms with E-state index >= 15 is 0 Å². The van der Waals surface area contributed by atoms with Crippen LogP contribution in [0.25, 0.3) is 0 Å². The van der Waals surface area contributed by atoms with Gasteiger partial charge in [0.15, 0.2) is 0 Å². The van der Waals surface area contributed by atoms with E-state index in [1.54, 1.807) is 13.8 Å². The van der Waals surface area contributed by atoms with Crippen molar-refractivity contribution in [1.82, 2.24) is 4.90 Å². The van der Waals surface area contributed by atoms with Crippen LogP contribution in [0.3, 0.4) is 0 Å². The summed E-state index contributed by atoms with van der Waals surface area (Å²) < 4.78 is 39.9. The van der Waals surface area contributed by atoms with E-state index in [0.717, 1.165) is 23.0 Å². The second-order valence-electron chi connectivity index (χ2n) is 8.02. The van der Waals surface area contributed by atoms with Crippen LogP contribution in [0.1, 0.15) is 31.4 Å². The Kier molecular flexibility index (Phi) is 9.61. The molecule has 34 heavy (non-hydrogen) atoms. The molecule has 1 aromatic carbocycles. The summed E-state index contributed by atoms with van der Waals surface area (Å²) in [7, 11) is 0. The van der Waals surface area contributed by atoms with Crippen LogP contribution >= 0.6 is 0 Å². The Balaban J connectivity index is 0.000000603. The average molecular weight is 508 g/mol. The first kappa shape index (κ1) is 28.2. The third-order valence-electron chi connectivity index (χ3n) is 5.50. The third-order valence-corrected chi connectivity index (χ3v) is 5.50. The number of carbonyl (C=O) groups excluding carboxylic acids is 1. The third kappa shape index (κ3) is 6.14. The Hall–Kier alpha value is -2.04. The van der Waals surface area contributed by atoms with Crippen molar-refractivity contribution < 1.29 is 35.0 Å². The van der Waals surface area contributed by atoms with Crippen molar-refractivity contribution in [2.24, 2.45) is 0 Å². The molecule has 3 aliphatic rings. The molecule has 1 aliphatic heterocycles. The van der Waals surface area contributed by atoms with Crippen molar-refractivity contribution in [2.75, 3.05) is 11.4 Å². The number of nitriles is 1. The summed E-state index contributed by atoms with van der Waals surface area (Å²) in [6, 6.07) is 4.00. The second kappa shape index (κ2) is 11.6. The monoisotopic (exact) mass is 508 g/mol. The predicted molar refractivity (Wildman–Crippen MR) is 119 cm³/mol. The Bertz CT molecular complexity index is 908. The molecule has 1 N–H and O–H groups in total. The first-order valence-corrected chi connectivity index (χ1v) is 10.3. The number of amides is 2. The number of hydrogen-bond donors (Lipinski definition) is 1. The van der Waals surface area contributed by atoms with Gasteiger partial charge in [0.25, 0.3) is 0 Å². The molecule has 176 valence electrons. The maximum Gasteiger partial charge on any atom is 2.00 e. The van der Waals surface area contributed by atoms with Gasteiger partial charge in [0.1, 0.15) is 5.84 Å². The van der Waals surface area contributed by atoms with Gasteiger partial charge in [0.2, 0.25) is 0 Å². The number of urea groups is 1. The molecule has 2 saturated carbocycles. The van der Waals surface area contributed by atoms with Crippen LogP contribution in [0, 0.1) is 80.4 Å². The summed E-state index contributed by atoms with van der Waals surface area (Å²) in [6.07, 6.45) is 13.5. The van der Waals surface area contributed by atoms with Crippen LogP contribution in [-0.2, 0) is 23.2 Å². The molecule has 0 bridgehead atoms. The van der Waals surface area contributed by atoms with Crippen molar-refractivity contribution in [1.29, 1.82) is 10.7 Å². The van der Waals surface area contributed by atoms with Gasteiger partial charge in [-0.25, -0.2) is 9.69 Å². The van der Waals surface area contributed by atoms with Crippen LogP contribution in [0.4, 0.5) is 23.7 Å². The fourth-order valence-corrected chi connectivity index (χ4v) is 3.62. The fraction of sp³-hybridized carbons (Fsp3) is 0.240. The van der Waals surface area contributed by atoms with Crippen molar-refractivity contribution in [3.05, 3.63) is 93.0 Å². The van der Waals surface area contributed by atoms with Gasteiger partial charge < -0.3 is 4.90 Å². The number of amidine groups is 1. The maximum atomic E-state index is 13.3. The van der Waals surface area contributed by atoms with E-state index in [0.29, 0.717) is 13.0 Å². The summed E-state index contributed by atoms with van der Waals surface area (Å²) >= 11 is 0. The number of benzene rings is 1. The summed E-state index contributed by atoms with van der Waals surface area (Å²) in [5, 5.41) is 17.3. The maximum absolute atomic E-state index is 13.3. The van der Waals surface area contributed by atoms with E-state index in [1.807, 2.05) is 57.8 Å². The zero-order valence-corrected chi connectivity index (χ0v) is 19.7. The zero-order valence-electron chi connectivity index (χ0n) is 18.6. The molecule has 0 unspecified atom stereocenters. The van der Waals surface area contributed by atoms with E-state index in [1.165, 1.54) is 17.0 Å². The Morgan fingerprint density at radius 3 is 2.09 bits per heavy atom. The Labute approximate surface area is 210 Å². The number of rotatable bonds is 4. The largest absolute Gasteiger partial charge is 2.00 e. The summed E-state index contributed by atoms with van der Waals surface area (Å²) in [6.45, 7) is 3.70. The Morgan fingerprint density at radius 2 is 1.59 bits per heavy atom. The molecule has 0 spiro atoms. The molecule has 0 aromatic heterocycles. The van der Waals surface area contributed by atoms with Crippen LogP contribution in [-0.4, -0.2) is 28.9 Å². The summed E-state index contributed by atoms with van der Waals surface area (Å²) in [5.74, 6) is 0.921. The van der Waals surface area contributed by atoms with Gasteiger partial charge in [-0.15, -0.1) is 0 Å². The van der Waals surface area contributed by atoms with Gasteiger partial charge in [-0.05, 0) is 102 Å². The molecule has 1 aromatic rings. The summed E-state index contributed by atoms with van der Waals surface area (Å²) in [5.41, 5.74) is -2.70. The molecule has 1 saturated heterocycles. The average Bonchev–Trinajstić information content (AvgIpc) is 3.52. The van der Waals surface area contributed by atoms with Gasteiger partial charge >= 0.3 is 29.3 Å². The molecule has 2 amide bonds. The molecule has 5 nitrogen and oxygen atoms in total. The predicted octanol–water partition coefficient (Wildman–Crippen LogP) is 5.39. The van der Waals surface area contributed by atoms with Gasteiger partial charge in [-0.2, -0.15) is 18.4 Å². The van der Waals surface area contributed by atoms with E-state index in [9.17, 15) is 18.0 Å².